The van der Waals surface area contributed by atoms with Crippen LogP contribution in [0.5, 0.6) is 0 Å². The van der Waals surface area contributed by atoms with E-state index in [4.69, 9.17) is 9.40 Å². The van der Waals surface area contributed by atoms with Gasteiger partial charge in [0.15, 0.2) is 5.82 Å². The Bertz CT molecular complexity index is 1100. The Balaban J connectivity index is 1.72. The minimum absolute atomic E-state index is 0.281. The van der Waals surface area contributed by atoms with Crippen molar-refractivity contribution in [2.75, 3.05) is 11.4 Å². The van der Waals surface area contributed by atoms with Crippen molar-refractivity contribution in [3.8, 4) is 11.4 Å². The van der Waals surface area contributed by atoms with Crippen molar-refractivity contribution in [1.82, 2.24) is 15.3 Å². The molecule has 0 fully saturated rings. The highest BCUT2D eigenvalue weighted by molar-refractivity contribution is 5.93. The minimum Gasteiger partial charge on any atom is -0.467 e. The summed E-state index contributed by atoms with van der Waals surface area (Å²) in [5.41, 5.74) is 2.16. The van der Waals surface area contributed by atoms with Crippen molar-refractivity contribution in [3.63, 3.8) is 0 Å². The smallest absolute Gasteiger partial charge is 0.270 e. The third-order valence-electron chi connectivity index (χ3n) is 4.64. The summed E-state index contributed by atoms with van der Waals surface area (Å²) >= 11 is 0. The average molecular weight is 398 g/mol. The van der Waals surface area contributed by atoms with Crippen LogP contribution in [0.3, 0.4) is 0 Å². The molecule has 6 heteroatoms. The minimum atomic E-state index is -0.281. The highest BCUT2D eigenvalue weighted by atomic mass is 16.3. The van der Waals surface area contributed by atoms with E-state index in [9.17, 15) is 4.79 Å². The number of carbonyl (C=O) groups excluding carboxylic acids is 1. The molecule has 6 nitrogen and oxygen atoms in total. The van der Waals surface area contributed by atoms with Crippen LogP contribution >= 0.6 is 0 Å². The first-order valence-electron chi connectivity index (χ1n) is 9.82. The Labute approximate surface area is 175 Å². The molecule has 0 saturated carbocycles. The normalized spacial score (nSPS) is 10.6. The molecule has 0 radical (unpaired) electrons. The van der Waals surface area contributed by atoms with Crippen LogP contribution in [0.1, 0.15) is 23.2 Å². The van der Waals surface area contributed by atoms with Crippen molar-refractivity contribution < 1.29 is 9.21 Å². The molecular weight excluding hydrogens is 376 g/mol. The van der Waals surface area contributed by atoms with E-state index < -0.39 is 0 Å². The Kier molecular flexibility index (Phi) is 5.85. The van der Waals surface area contributed by atoms with Gasteiger partial charge in [0.25, 0.3) is 5.91 Å². The number of rotatable bonds is 7. The maximum Gasteiger partial charge on any atom is 0.270 e. The number of nitrogens with one attached hydrogen (secondary N) is 1. The third kappa shape index (κ3) is 4.38. The number of furan rings is 1. The maximum atomic E-state index is 12.9. The lowest BCUT2D eigenvalue weighted by Gasteiger charge is -2.23. The molecule has 2 aromatic heterocycles. The predicted molar refractivity (Wildman–Crippen MR) is 116 cm³/mol. The van der Waals surface area contributed by atoms with E-state index in [-0.39, 0.29) is 5.91 Å². The number of para-hydroxylation sites is 1. The van der Waals surface area contributed by atoms with Crippen LogP contribution in [0.2, 0.25) is 0 Å². The van der Waals surface area contributed by atoms with Gasteiger partial charge in [0.2, 0.25) is 0 Å². The summed E-state index contributed by atoms with van der Waals surface area (Å²) in [6, 6.07) is 25.0. The van der Waals surface area contributed by atoms with Crippen LogP contribution in [-0.2, 0) is 6.54 Å². The molecule has 0 aliphatic rings. The molecule has 30 heavy (non-hydrogen) atoms. The number of hydrogen-bond donors (Lipinski definition) is 1. The SMILES string of the molecule is CCN(c1ccccc1)c1cc(C(=O)NCc2ccco2)nc(-c2ccccc2)n1. The second kappa shape index (κ2) is 9.05. The molecule has 0 aliphatic heterocycles. The molecule has 0 aliphatic carbocycles. The zero-order valence-corrected chi connectivity index (χ0v) is 16.7. The van der Waals surface area contributed by atoms with Gasteiger partial charge in [0.1, 0.15) is 17.3 Å². The van der Waals surface area contributed by atoms with Gasteiger partial charge in [-0.2, -0.15) is 0 Å². The first kappa shape index (κ1) is 19.4. The van der Waals surface area contributed by atoms with E-state index in [1.807, 2.05) is 73.7 Å². The van der Waals surface area contributed by atoms with Gasteiger partial charge in [-0.3, -0.25) is 4.79 Å². The number of hydrogen-bond acceptors (Lipinski definition) is 5. The van der Waals surface area contributed by atoms with Gasteiger partial charge in [-0.25, -0.2) is 9.97 Å². The summed E-state index contributed by atoms with van der Waals surface area (Å²) < 4.78 is 5.29. The third-order valence-corrected chi connectivity index (χ3v) is 4.64. The lowest BCUT2D eigenvalue weighted by molar-refractivity contribution is 0.0943. The summed E-state index contributed by atoms with van der Waals surface area (Å²) in [6.07, 6.45) is 1.58. The number of anilines is 2. The van der Waals surface area contributed by atoms with Gasteiger partial charge in [-0.05, 0) is 31.2 Å². The number of carbonyl (C=O) groups is 1. The zero-order valence-electron chi connectivity index (χ0n) is 16.7. The zero-order chi connectivity index (χ0) is 20.8. The molecule has 1 N–H and O–H groups in total. The largest absolute Gasteiger partial charge is 0.467 e. The van der Waals surface area contributed by atoms with Gasteiger partial charge in [-0.15, -0.1) is 0 Å². The van der Waals surface area contributed by atoms with Crippen molar-refractivity contribution in [2.24, 2.45) is 0 Å². The molecule has 2 aromatic carbocycles. The Morgan fingerprint density at radius 1 is 0.967 bits per heavy atom. The fraction of sp³-hybridized carbons (Fsp3) is 0.125. The molecule has 1 amide bonds. The van der Waals surface area contributed by atoms with Gasteiger partial charge < -0.3 is 14.6 Å². The highest BCUT2D eigenvalue weighted by Crippen LogP contribution is 2.26. The van der Waals surface area contributed by atoms with E-state index in [1.165, 1.54) is 0 Å². The van der Waals surface area contributed by atoms with Crippen molar-refractivity contribution in [1.29, 1.82) is 0 Å². The van der Waals surface area contributed by atoms with Crippen LogP contribution in [0.4, 0.5) is 11.5 Å². The van der Waals surface area contributed by atoms with E-state index in [0.29, 0.717) is 36.2 Å². The van der Waals surface area contributed by atoms with E-state index in [0.717, 1.165) is 11.3 Å². The molecule has 0 unspecified atom stereocenters. The fourth-order valence-corrected chi connectivity index (χ4v) is 3.16. The molecular formula is C24H22N4O2. The standard InChI is InChI=1S/C24H22N4O2/c1-2-28(19-12-7-4-8-13-19)22-16-21(24(29)25-17-20-14-9-15-30-20)26-23(27-22)18-10-5-3-6-11-18/h3-16H,2,17H2,1H3,(H,25,29). The summed E-state index contributed by atoms with van der Waals surface area (Å²) in [5, 5.41) is 2.86. The summed E-state index contributed by atoms with van der Waals surface area (Å²) in [7, 11) is 0. The number of benzene rings is 2. The lowest BCUT2D eigenvalue weighted by Crippen LogP contribution is -2.25. The number of aromatic nitrogens is 2. The molecule has 0 atom stereocenters. The summed E-state index contributed by atoms with van der Waals surface area (Å²) in [5.74, 6) is 1.57. The Morgan fingerprint density at radius 2 is 1.70 bits per heavy atom. The van der Waals surface area contributed by atoms with Crippen LogP contribution < -0.4 is 10.2 Å². The van der Waals surface area contributed by atoms with Gasteiger partial charge in [-0.1, -0.05) is 48.5 Å². The van der Waals surface area contributed by atoms with Gasteiger partial charge in [0, 0.05) is 23.9 Å². The second-order valence-corrected chi connectivity index (χ2v) is 6.64. The molecule has 2 heterocycles. The Hall–Kier alpha value is -3.93. The molecule has 4 rings (SSSR count). The van der Waals surface area contributed by atoms with Crippen molar-refractivity contribution in [2.45, 2.75) is 13.5 Å². The van der Waals surface area contributed by atoms with E-state index >= 15 is 0 Å². The predicted octanol–water partition coefficient (Wildman–Crippen LogP) is 4.82. The van der Waals surface area contributed by atoms with Crippen molar-refractivity contribution >= 4 is 17.4 Å². The quantitative estimate of drug-likeness (QED) is 0.483. The second-order valence-electron chi connectivity index (χ2n) is 6.64. The van der Waals surface area contributed by atoms with Crippen LogP contribution in [0.15, 0.2) is 89.5 Å². The number of nitrogens with zero attached hydrogens (tertiary/aromatic N) is 3. The Morgan fingerprint density at radius 3 is 2.37 bits per heavy atom. The molecule has 0 saturated heterocycles. The number of amides is 1. The van der Waals surface area contributed by atoms with E-state index in [2.05, 4.69) is 15.2 Å². The van der Waals surface area contributed by atoms with Crippen LogP contribution in [-0.4, -0.2) is 22.4 Å². The summed E-state index contributed by atoms with van der Waals surface area (Å²) in [4.78, 5) is 24.2. The molecule has 0 spiro atoms. The first-order valence-corrected chi connectivity index (χ1v) is 9.82. The lowest BCUT2D eigenvalue weighted by atomic mass is 10.2. The van der Waals surface area contributed by atoms with Gasteiger partial charge >= 0.3 is 0 Å². The monoisotopic (exact) mass is 398 g/mol. The summed E-state index contributed by atoms with van der Waals surface area (Å²) in [6.45, 7) is 3.04. The fourth-order valence-electron chi connectivity index (χ4n) is 3.16. The molecule has 4 aromatic rings. The van der Waals surface area contributed by atoms with E-state index in [1.54, 1.807) is 18.4 Å². The van der Waals surface area contributed by atoms with Crippen LogP contribution in [0, 0.1) is 0 Å². The molecule has 0 bridgehead atoms. The topological polar surface area (TPSA) is 71.3 Å². The van der Waals surface area contributed by atoms with Crippen LogP contribution in [0.25, 0.3) is 11.4 Å². The van der Waals surface area contributed by atoms with Gasteiger partial charge in [0.05, 0.1) is 12.8 Å². The highest BCUT2D eigenvalue weighted by Gasteiger charge is 2.17. The molecule has 150 valence electrons. The maximum absolute atomic E-state index is 12.9. The first-order chi connectivity index (χ1) is 14.7. The van der Waals surface area contributed by atoms with Crippen molar-refractivity contribution in [3.05, 3.63) is 96.6 Å². The average Bonchev–Trinajstić information content (AvgIpc) is 3.33.